The van der Waals surface area contributed by atoms with Gasteiger partial charge in [-0.1, -0.05) is 13.0 Å². The molecule has 0 atom stereocenters. The molecule has 1 aromatic carbocycles. The lowest BCUT2D eigenvalue weighted by Crippen LogP contribution is -2.37. The molecule has 21 heavy (non-hydrogen) atoms. The first-order valence-corrected chi connectivity index (χ1v) is 8.02. The summed E-state index contributed by atoms with van der Waals surface area (Å²) in [7, 11) is -1.19. The van der Waals surface area contributed by atoms with Crippen molar-refractivity contribution in [1.82, 2.24) is 4.31 Å². The minimum atomic E-state index is -3.83. The SMILES string of the molecule is CCCN(CC(=O)OC)S(=O)(=O)c1cc(C)ccc1OC. The molecule has 0 aliphatic rings. The Bertz CT molecular complexity index is 597. The van der Waals surface area contributed by atoms with Gasteiger partial charge in [-0.05, 0) is 31.0 Å². The number of carbonyl (C=O) groups excluding carboxylic acids is 1. The van der Waals surface area contributed by atoms with Gasteiger partial charge in [0.05, 0.1) is 14.2 Å². The summed E-state index contributed by atoms with van der Waals surface area (Å²) in [6.45, 7) is 3.55. The maximum atomic E-state index is 12.7. The van der Waals surface area contributed by atoms with Crippen molar-refractivity contribution in [1.29, 1.82) is 0 Å². The minimum absolute atomic E-state index is 0.0577. The van der Waals surface area contributed by atoms with Crippen LogP contribution in [0.1, 0.15) is 18.9 Å². The molecule has 0 radical (unpaired) electrons. The highest BCUT2D eigenvalue weighted by Gasteiger charge is 2.29. The second-order valence-electron chi connectivity index (χ2n) is 4.57. The highest BCUT2D eigenvalue weighted by atomic mass is 32.2. The highest BCUT2D eigenvalue weighted by Crippen LogP contribution is 2.27. The molecule has 0 aromatic heterocycles. The van der Waals surface area contributed by atoms with Crippen LogP contribution in [0.3, 0.4) is 0 Å². The molecule has 0 saturated heterocycles. The molecule has 0 heterocycles. The van der Waals surface area contributed by atoms with Crippen molar-refractivity contribution in [2.24, 2.45) is 0 Å². The lowest BCUT2D eigenvalue weighted by Gasteiger charge is -2.21. The van der Waals surface area contributed by atoms with Gasteiger partial charge in [-0.15, -0.1) is 0 Å². The van der Waals surface area contributed by atoms with Gasteiger partial charge in [0.15, 0.2) is 0 Å². The Morgan fingerprint density at radius 1 is 1.29 bits per heavy atom. The highest BCUT2D eigenvalue weighted by molar-refractivity contribution is 7.89. The third-order valence-corrected chi connectivity index (χ3v) is 4.81. The van der Waals surface area contributed by atoms with Crippen LogP contribution in [0.5, 0.6) is 5.75 Å². The molecular formula is C14H21NO5S. The Morgan fingerprint density at radius 3 is 2.48 bits per heavy atom. The van der Waals surface area contributed by atoms with E-state index in [9.17, 15) is 13.2 Å². The summed E-state index contributed by atoms with van der Waals surface area (Å²) in [5, 5.41) is 0. The van der Waals surface area contributed by atoms with Crippen molar-refractivity contribution >= 4 is 16.0 Å². The third-order valence-electron chi connectivity index (χ3n) is 2.94. The van der Waals surface area contributed by atoms with Crippen LogP contribution < -0.4 is 4.74 Å². The first kappa shape index (κ1) is 17.5. The van der Waals surface area contributed by atoms with Crippen LogP contribution in [0.2, 0.25) is 0 Å². The molecule has 0 N–H and O–H groups in total. The largest absolute Gasteiger partial charge is 0.495 e. The number of methoxy groups -OCH3 is 2. The second-order valence-corrected chi connectivity index (χ2v) is 6.48. The number of rotatable bonds is 7. The smallest absolute Gasteiger partial charge is 0.321 e. The number of aryl methyl sites for hydroxylation is 1. The average Bonchev–Trinajstić information content (AvgIpc) is 2.46. The van der Waals surface area contributed by atoms with E-state index >= 15 is 0 Å². The van der Waals surface area contributed by atoms with Crippen molar-refractivity contribution < 1.29 is 22.7 Å². The number of benzene rings is 1. The standard InChI is InChI=1S/C14H21NO5S/c1-5-8-15(10-14(16)20-4)21(17,18)13-9-11(2)6-7-12(13)19-3/h6-7,9H,5,8,10H2,1-4H3. The fourth-order valence-corrected chi connectivity index (χ4v) is 3.58. The number of hydrogen-bond donors (Lipinski definition) is 0. The Balaban J connectivity index is 3.28. The van der Waals surface area contributed by atoms with Gasteiger partial charge in [-0.25, -0.2) is 8.42 Å². The van der Waals surface area contributed by atoms with Gasteiger partial charge in [0.25, 0.3) is 0 Å². The van der Waals surface area contributed by atoms with Gasteiger partial charge >= 0.3 is 5.97 Å². The Labute approximate surface area is 125 Å². The number of hydrogen-bond acceptors (Lipinski definition) is 5. The summed E-state index contributed by atoms with van der Waals surface area (Å²) in [5.41, 5.74) is 0.795. The van der Waals surface area contributed by atoms with Gasteiger partial charge in [-0.2, -0.15) is 4.31 Å². The summed E-state index contributed by atoms with van der Waals surface area (Å²) in [6.07, 6.45) is 0.588. The third kappa shape index (κ3) is 4.18. The number of nitrogens with zero attached hydrogens (tertiary/aromatic N) is 1. The quantitative estimate of drug-likeness (QED) is 0.714. The predicted octanol–water partition coefficient (Wildman–Crippen LogP) is 1.58. The van der Waals surface area contributed by atoms with E-state index in [2.05, 4.69) is 4.74 Å². The molecule has 0 bridgehead atoms. The number of sulfonamides is 1. The molecule has 0 amide bonds. The first-order chi connectivity index (χ1) is 9.86. The summed E-state index contributed by atoms with van der Waals surface area (Å²) in [6, 6.07) is 4.90. The van der Waals surface area contributed by atoms with Crippen LogP contribution >= 0.6 is 0 Å². The van der Waals surface area contributed by atoms with Crippen LogP contribution in [0.25, 0.3) is 0 Å². The Hall–Kier alpha value is -1.60. The molecule has 0 spiro atoms. The van der Waals surface area contributed by atoms with E-state index in [1.165, 1.54) is 20.3 Å². The predicted molar refractivity (Wildman–Crippen MR) is 78.8 cm³/mol. The van der Waals surface area contributed by atoms with Gasteiger partial charge in [0.1, 0.15) is 17.2 Å². The molecular weight excluding hydrogens is 294 g/mol. The molecule has 0 saturated carbocycles. The number of ether oxygens (including phenoxy) is 2. The molecule has 0 aliphatic carbocycles. The molecule has 0 fully saturated rings. The fourth-order valence-electron chi connectivity index (χ4n) is 1.87. The van der Waals surface area contributed by atoms with Gasteiger partial charge in [0.2, 0.25) is 10.0 Å². The molecule has 1 aromatic rings. The maximum absolute atomic E-state index is 12.7. The molecule has 118 valence electrons. The molecule has 6 nitrogen and oxygen atoms in total. The lowest BCUT2D eigenvalue weighted by molar-refractivity contribution is -0.140. The minimum Gasteiger partial charge on any atom is -0.495 e. The van der Waals surface area contributed by atoms with Crippen molar-refractivity contribution in [2.75, 3.05) is 27.3 Å². The Morgan fingerprint density at radius 2 is 1.95 bits per heavy atom. The van der Waals surface area contributed by atoms with Crippen molar-refractivity contribution in [2.45, 2.75) is 25.2 Å². The van der Waals surface area contributed by atoms with E-state index in [1.807, 2.05) is 6.92 Å². The summed E-state index contributed by atoms with van der Waals surface area (Å²) >= 11 is 0. The average molecular weight is 315 g/mol. The van der Waals surface area contributed by atoms with Crippen molar-refractivity contribution in [3.8, 4) is 5.75 Å². The van der Waals surface area contributed by atoms with E-state index in [0.29, 0.717) is 6.42 Å². The number of carbonyl (C=O) groups is 1. The lowest BCUT2D eigenvalue weighted by atomic mass is 10.2. The van der Waals surface area contributed by atoms with Crippen LogP contribution in [0.15, 0.2) is 23.1 Å². The number of esters is 1. The molecule has 0 unspecified atom stereocenters. The van der Waals surface area contributed by atoms with E-state index in [4.69, 9.17) is 4.74 Å². The van der Waals surface area contributed by atoms with Crippen LogP contribution in [-0.4, -0.2) is 46.0 Å². The summed E-state index contributed by atoms with van der Waals surface area (Å²) in [4.78, 5) is 11.5. The van der Waals surface area contributed by atoms with Gasteiger partial charge < -0.3 is 9.47 Å². The summed E-state index contributed by atoms with van der Waals surface area (Å²) in [5.74, 6) is -0.342. The van der Waals surface area contributed by atoms with Crippen LogP contribution in [-0.2, 0) is 19.6 Å². The van der Waals surface area contributed by atoms with Crippen LogP contribution in [0.4, 0.5) is 0 Å². The van der Waals surface area contributed by atoms with Gasteiger partial charge in [-0.3, -0.25) is 4.79 Å². The molecule has 7 heteroatoms. The van der Waals surface area contributed by atoms with Crippen molar-refractivity contribution in [3.63, 3.8) is 0 Å². The van der Waals surface area contributed by atoms with E-state index in [-0.39, 0.29) is 23.7 Å². The van der Waals surface area contributed by atoms with E-state index in [1.54, 1.807) is 19.1 Å². The van der Waals surface area contributed by atoms with E-state index < -0.39 is 16.0 Å². The van der Waals surface area contributed by atoms with E-state index in [0.717, 1.165) is 9.87 Å². The maximum Gasteiger partial charge on any atom is 0.321 e. The molecule has 1 rings (SSSR count). The summed E-state index contributed by atoms with van der Waals surface area (Å²) < 4.78 is 36.3. The zero-order valence-electron chi connectivity index (χ0n) is 12.8. The normalized spacial score (nSPS) is 11.5. The first-order valence-electron chi connectivity index (χ1n) is 6.58. The fraction of sp³-hybridized carbons (Fsp3) is 0.500. The van der Waals surface area contributed by atoms with Gasteiger partial charge in [0, 0.05) is 6.54 Å². The van der Waals surface area contributed by atoms with Crippen LogP contribution in [0, 0.1) is 6.92 Å². The Kier molecular flexibility index (Phi) is 6.17. The monoisotopic (exact) mass is 315 g/mol. The van der Waals surface area contributed by atoms with Crippen molar-refractivity contribution in [3.05, 3.63) is 23.8 Å². The topological polar surface area (TPSA) is 72.9 Å². The molecule has 0 aliphatic heterocycles. The zero-order valence-corrected chi connectivity index (χ0v) is 13.6. The zero-order chi connectivity index (χ0) is 16.0. The second kappa shape index (κ2) is 7.42.